The number of nitrogens with zero attached hydrogens (tertiary/aromatic N) is 3. The molecule has 0 aromatic heterocycles. The Labute approximate surface area is 212 Å². The first-order chi connectivity index (χ1) is 17.5. The molecule has 2 atom stereocenters. The van der Waals surface area contributed by atoms with Crippen LogP contribution >= 0.6 is 0 Å². The number of carbonyl (C=O) groups excluding carboxylic acids is 1. The van der Waals surface area contributed by atoms with E-state index in [0.29, 0.717) is 31.4 Å². The Kier molecular flexibility index (Phi) is 6.14. The van der Waals surface area contributed by atoms with Gasteiger partial charge in [0.15, 0.2) is 11.6 Å². The lowest BCUT2D eigenvalue weighted by Gasteiger charge is -2.52. The van der Waals surface area contributed by atoms with Crippen molar-refractivity contribution < 1.29 is 18.3 Å². The van der Waals surface area contributed by atoms with Crippen molar-refractivity contribution in [2.75, 3.05) is 31.1 Å². The summed E-state index contributed by atoms with van der Waals surface area (Å²) >= 11 is 0. The number of halogens is 2. The molecule has 36 heavy (non-hydrogen) atoms. The summed E-state index contributed by atoms with van der Waals surface area (Å²) in [5, 5.41) is 0. The van der Waals surface area contributed by atoms with Crippen molar-refractivity contribution in [1.82, 2.24) is 9.80 Å². The van der Waals surface area contributed by atoms with Crippen molar-refractivity contribution in [3.63, 3.8) is 0 Å². The Morgan fingerprint density at radius 1 is 1.00 bits per heavy atom. The summed E-state index contributed by atoms with van der Waals surface area (Å²) < 4.78 is 34.2. The third-order valence-corrected chi connectivity index (χ3v) is 9.17. The molecule has 0 N–H and O–H groups in total. The first-order valence-corrected chi connectivity index (χ1v) is 13.5. The minimum atomic E-state index is -0.793. The molecule has 2 aromatic rings. The van der Waals surface area contributed by atoms with Crippen LogP contribution in [0.2, 0.25) is 0 Å². The SMILES string of the molecule is CCOC(=O)N1C2CCC1CC(N1CCC3(CC1)CN(c1cccc(F)c1F)Cc1ccccc13)C2. The highest BCUT2D eigenvalue weighted by molar-refractivity contribution is 5.69. The Hall–Kier alpha value is -2.67. The molecule has 4 aliphatic heterocycles. The van der Waals surface area contributed by atoms with Crippen LogP contribution in [0.3, 0.4) is 0 Å². The van der Waals surface area contributed by atoms with Crippen molar-refractivity contribution in [1.29, 1.82) is 0 Å². The molecule has 192 valence electrons. The van der Waals surface area contributed by atoms with Gasteiger partial charge in [-0.2, -0.15) is 0 Å². The number of benzene rings is 2. The van der Waals surface area contributed by atoms with E-state index in [9.17, 15) is 13.6 Å². The van der Waals surface area contributed by atoms with E-state index >= 15 is 0 Å². The topological polar surface area (TPSA) is 36.0 Å². The Morgan fingerprint density at radius 3 is 2.44 bits per heavy atom. The van der Waals surface area contributed by atoms with Crippen LogP contribution in [0.15, 0.2) is 42.5 Å². The number of piperidine rings is 2. The van der Waals surface area contributed by atoms with E-state index in [4.69, 9.17) is 4.74 Å². The number of carbonyl (C=O) groups is 1. The number of hydrogen-bond donors (Lipinski definition) is 0. The van der Waals surface area contributed by atoms with Gasteiger partial charge >= 0.3 is 6.09 Å². The average Bonchev–Trinajstić information content (AvgIpc) is 3.16. The quantitative estimate of drug-likeness (QED) is 0.566. The molecule has 7 heteroatoms. The molecular formula is C29H35F2N3O2. The lowest BCUT2D eigenvalue weighted by molar-refractivity contribution is 0.0270. The maximum absolute atomic E-state index is 14.8. The van der Waals surface area contributed by atoms with Gasteiger partial charge in [-0.1, -0.05) is 30.3 Å². The van der Waals surface area contributed by atoms with Crippen LogP contribution < -0.4 is 4.90 Å². The summed E-state index contributed by atoms with van der Waals surface area (Å²) in [4.78, 5) is 19.2. The van der Waals surface area contributed by atoms with E-state index in [0.717, 1.165) is 51.6 Å². The summed E-state index contributed by atoms with van der Waals surface area (Å²) in [6.45, 7) is 5.55. The van der Waals surface area contributed by atoms with Gasteiger partial charge in [0.05, 0.1) is 12.3 Å². The molecule has 4 heterocycles. The van der Waals surface area contributed by atoms with Crippen molar-refractivity contribution in [3.8, 4) is 0 Å². The molecule has 0 aliphatic carbocycles. The highest BCUT2D eigenvalue weighted by Crippen LogP contribution is 2.45. The van der Waals surface area contributed by atoms with Crippen molar-refractivity contribution in [2.45, 2.75) is 75.5 Å². The lowest BCUT2D eigenvalue weighted by Crippen LogP contribution is -2.57. The molecule has 5 nitrogen and oxygen atoms in total. The van der Waals surface area contributed by atoms with E-state index in [1.807, 2.05) is 22.8 Å². The van der Waals surface area contributed by atoms with E-state index in [-0.39, 0.29) is 23.6 Å². The van der Waals surface area contributed by atoms with Crippen LogP contribution in [0.25, 0.3) is 0 Å². The third-order valence-electron chi connectivity index (χ3n) is 9.17. The summed E-state index contributed by atoms with van der Waals surface area (Å²) in [6, 6.07) is 14.1. The summed E-state index contributed by atoms with van der Waals surface area (Å²) in [5.41, 5.74) is 2.86. The van der Waals surface area contributed by atoms with Crippen LogP contribution in [-0.4, -0.2) is 60.3 Å². The van der Waals surface area contributed by atoms with Crippen LogP contribution in [-0.2, 0) is 16.7 Å². The van der Waals surface area contributed by atoms with Crippen LogP contribution in [0.5, 0.6) is 0 Å². The van der Waals surface area contributed by atoms with Gasteiger partial charge in [-0.15, -0.1) is 0 Å². The minimum Gasteiger partial charge on any atom is -0.450 e. The molecule has 6 rings (SSSR count). The number of rotatable bonds is 3. The smallest absolute Gasteiger partial charge is 0.410 e. The van der Waals surface area contributed by atoms with Gasteiger partial charge < -0.3 is 19.4 Å². The Balaban J connectivity index is 1.20. The zero-order valence-corrected chi connectivity index (χ0v) is 21.0. The van der Waals surface area contributed by atoms with Crippen molar-refractivity contribution in [2.24, 2.45) is 0 Å². The number of anilines is 1. The zero-order valence-electron chi connectivity index (χ0n) is 21.0. The summed E-state index contributed by atoms with van der Waals surface area (Å²) in [7, 11) is 0. The number of hydrogen-bond acceptors (Lipinski definition) is 4. The first kappa shape index (κ1) is 23.7. The first-order valence-electron chi connectivity index (χ1n) is 13.5. The van der Waals surface area contributed by atoms with Gasteiger partial charge in [0.25, 0.3) is 0 Å². The molecule has 3 fully saturated rings. The van der Waals surface area contributed by atoms with Gasteiger partial charge in [0.1, 0.15) is 0 Å². The number of ether oxygens (including phenoxy) is 1. The van der Waals surface area contributed by atoms with Gasteiger partial charge in [-0.05, 0) is 81.8 Å². The fourth-order valence-electron chi connectivity index (χ4n) is 7.48. The molecule has 4 aliphatic rings. The third kappa shape index (κ3) is 3.96. The van der Waals surface area contributed by atoms with Gasteiger partial charge in [0, 0.05) is 36.6 Å². The highest BCUT2D eigenvalue weighted by atomic mass is 19.2. The van der Waals surface area contributed by atoms with Crippen LogP contribution in [0, 0.1) is 11.6 Å². The monoisotopic (exact) mass is 495 g/mol. The van der Waals surface area contributed by atoms with Gasteiger partial charge in [0.2, 0.25) is 0 Å². The molecular weight excluding hydrogens is 460 g/mol. The van der Waals surface area contributed by atoms with Gasteiger partial charge in [-0.25, -0.2) is 13.6 Å². The second-order valence-electron chi connectivity index (χ2n) is 11.0. The Morgan fingerprint density at radius 2 is 1.72 bits per heavy atom. The van der Waals surface area contributed by atoms with Gasteiger partial charge in [-0.3, -0.25) is 0 Å². The predicted octanol–water partition coefficient (Wildman–Crippen LogP) is 5.47. The van der Waals surface area contributed by atoms with E-state index in [1.54, 1.807) is 12.1 Å². The predicted molar refractivity (Wildman–Crippen MR) is 135 cm³/mol. The molecule has 0 radical (unpaired) electrons. The van der Waals surface area contributed by atoms with Crippen LogP contribution in [0.1, 0.15) is 56.6 Å². The summed E-state index contributed by atoms with van der Waals surface area (Å²) in [5.74, 6) is -1.55. The molecule has 1 amide bonds. The maximum atomic E-state index is 14.8. The van der Waals surface area contributed by atoms with E-state index in [2.05, 4.69) is 23.1 Å². The average molecular weight is 496 g/mol. The number of amides is 1. The van der Waals surface area contributed by atoms with Crippen molar-refractivity contribution in [3.05, 3.63) is 65.2 Å². The molecule has 3 saturated heterocycles. The highest BCUT2D eigenvalue weighted by Gasteiger charge is 2.48. The molecule has 0 saturated carbocycles. The molecule has 2 unspecified atom stereocenters. The normalized spacial score (nSPS) is 27.2. The number of fused-ring (bicyclic) bond motifs is 4. The standard InChI is InChI=1S/C29H35F2N3O2/c1-2-36-28(35)34-21-10-11-22(34)17-23(16-21)32-14-12-29(13-15-32)19-33(18-20-6-3-4-7-24(20)29)26-9-5-8-25(30)27(26)31/h3-9,21-23H,2,10-19H2,1H3. The molecule has 1 spiro atoms. The zero-order chi connectivity index (χ0) is 24.9. The largest absolute Gasteiger partial charge is 0.450 e. The lowest BCUT2D eigenvalue weighted by atomic mass is 9.68. The van der Waals surface area contributed by atoms with E-state index < -0.39 is 11.6 Å². The summed E-state index contributed by atoms with van der Waals surface area (Å²) in [6.07, 6.45) is 6.00. The second kappa shape index (κ2) is 9.33. The minimum absolute atomic E-state index is 0.0747. The fourth-order valence-corrected chi connectivity index (χ4v) is 7.48. The fraction of sp³-hybridized carbons (Fsp3) is 0.552. The molecule has 2 aromatic carbocycles. The Bertz CT molecular complexity index is 1120. The second-order valence-corrected chi connectivity index (χ2v) is 11.0. The maximum Gasteiger partial charge on any atom is 0.410 e. The molecule has 2 bridgehead atoms. The number of likely N-dealkylation sites (tertiary alicyclic amines) is 1. The van der Waals surface area contributed by atoms with Crippen molar-refractivity contribution >= 4 is 11.8 Å². The van der Waals surface area contributed by atoms with Crippen LogP contribution in [0.4, 0.5) is 19.3 Å². The van der Waals surface area contributed by atoms with E-state index in [1.165, 1.54) is 17.2 Å².